The molecule has 1 aromatic carbocycles. The summed E-state index contributed by atoms with van der Waals surface area (Å²) in [6.45, 7) is 8.11. The average molecular weight is 467 g/mol. The number of rotatable bonds is 7. The van der Waals surface area contributed by atoms with Crippen LogP contribution in [0.1, 0.15) is 34.9 Å². The Hall–Kier alpha value is -2.64. The molecule has 0 amide bonds. The second kappa shape index (κ2) is 9.31. The number of hydrogen-bond donors (Lipinski definition) is 0. The number of benzene rings is 1. The molecule has 2 aliphatic rings. The summed E-state index contributed by atoms with van der Waals surface area (Å²) in [5.74, 6) is -0.195. The number of carbonyl (C=O) groups is 2. The van der Waals surface area contributed by atoms with Crippen LogP contribution in [0.4, 0.5) is 0 Å². The molecular formula is C26H34N2O4Si. The molecule has 6 nitrogen and oxygen atoms in total. The minimum Gasteiger partial charge on any atom is -0.466 e. The van der Waals surface area contributed by atoms with Crippen molar-refractivity contribution in [2.24, 2.45) is 5.92 Å². The molecule has 0 radical (unpaired) electrons. The Labute approximate surface area is 196 Å². The van der Waals surface area contributed by atoms with Gasteiger partial charge >= 0.3 is 5.97 Å². The lowest BCUT2D eigenvalue weighted by molar-refractivity contribution is -0.134. The van der Waals surface area contributed by atoms with Gasteiger partial charge in [-0.05, 0) is 30.0 Å². The molecule has 33 heavy (non-hydrogen) atoms. The molecule has 0 fully saturated rings. The van der Waals surface area contributed by atoms with E-state index in [0.717, 1.165) is 40.2 Å². The summed E-state index contributed by atoms with van der Waals surface area (Å²) in [6, 6.07) is 9.45. The van der Waals surface area contributed by atoms with Crippen molar-refractivity contribution < 1.29 is 19.1 Å². The largest absolute Gasteiger partial charge is 0.466 e. The predicted octanol–water partition coefficient (Wildman–Crippen LogP) is 5.15. The summed E-state index contributed by atoms with van der Waals surface area (Å²) in [7, 11) is 2.22. The van der Waals surface area contributed by atoms with E-state index in [1.807, 2.05) is 19.2 Å². The lowest BCUT2D eigenvalue weighted by atomic mass is 9.85. The molecule has 176 valence electrons. The SMILES string of the molecule is COC(=O)/C=C/C1=CN(C)[C@@H]2C[C@H]1CC(=O)c1c2c2ccccc2n1COCC[Si](C)(C)C. The molecule has 7 heteroatoms. The van der Waals surface area contributed by atoms with E-state index in [-0.39, 0.29) is 17.7 Å². The highest BCUT2D eigenvalue weighted by Gasteiger charge is 2.39. The van der Waals surface area contributed by atoms with Gasteiger partial charge in [0.05, 0.1) is 24.4 Å². The number of allylic oxidation sites excluding steroid dienone is 2. The molecule has 0 saturated carbocycles. The zero-order valence-electron chi connectivity index (χ0n) is 20.3. The number of hydrogen-bond acceptors (Lipinski definition) is 5. The highest BCUT2D eigenvalue weighted by Crippen LogP contribution is 2.46. The Morgan fingerprint density at radius 1 is 1.24 bits per heavy atom. The van der Waals surface area contributed by atoms with E-state index in [4.69, 9.17) is 9.47 Å². The molecule has 0 unspecified atom stereocenters. The van der Waals surface area contributed by atoms with Crippen LogP contribution in [0.5, 0.6) is 0 Å². The summed E-state index contributed by atoms with van der Waals surface area (Å²) in [5, 5.41) is 1.12. The van der Waals surface area contributed by atoms with Gasteiger partial charge in [0.1, 0.15) is 6.73 Å². The van der Waals surface area contributed by atoms with E-state index in [9.17, 15) is 9.59 Å². The summed E-state index contributed by atoms with van der Waals surface area (Å²) in [6.07, 6.45) is 6.54. The van der Waals surface area contributed by atoms with Crippen LogP contribution in [-0.2, 0) is 21.0 Å². The number of carbonyl (C=O) groups excluding carboxylic acids is 2. The second-order valence-corrected chi connectivity index (χ2v) is 15.9. The second-order valence-electron chi connectivity index (χ2n) is 10.3. The molecule has 1 aromatic heterocycles. The van der Waals surface area contributed by atoms with Gasteiger partial charge in [0.15, 0.2) is 5.78 Å². The topological polar surface area (TPSA) is 60.8 Å². The minimum atomic E-state index is -1.19. The molecule has 2 bridgehead atoms. The van der Waals surface area contributed by atoms with Crippen LogP contribution in [0.3, 0.4) is 0 Å². The van der Waals surface area contributed by atoms with Gasteiger partial charge in [0, 0.05) is 51.4 Å². The number of ketones is 1. The monoisotopic (exact) mass is 466 g/mol. The standard InChI is InChI=1S/C26H34N2O4Si/c1-27-16-18(10-11-24(30)31-2)19-14-22(27)25-20-8-6-7-9-21(20)28(26(25)23(29)15-19)17-32-12-13-33(3,4)5/h6-11,16,19,22H,12-15,17H2,1-5H3/b11-10+/t19-,22+/m0/s1. The van der Waals surface area contributed by atoms with Gasteiger partial charge in [-0.25, -0.2) is 4.79 Å². The molecule has 1 aliphatic heterocycles. The average Bonchev–Trinajstić information content (AvgIpc) is 3.02. The van der Waals surface area contributed by atoms with Crippen LogP contribution in [-0.4, -0.2) is 50.1 Å². The van der Waals surface area contributed by atoms with Crippen LogP contribution in [0.2, 0.25) is 25.7 Å². The van der Waals surface area contributed by atoms with E-state index in [1.165, 1.54) is 13.2 Å². The molecule has 0 N–H and O–H groups in total. The van der Waals surface area contributed by atoms with Crippen molar-refractivity contribution in [1.29, 1.82) is 0 Å². The number of nitrogens with zero attached hydrogens (tertiary/aromatic N) is 2. The molecule has 2 aromatic rings. The number of ether oxygens (including phenoxy) is 2. The van der Waals surface area contributed by atoms with Crippen molar-refractivity contribution >= 4 is 30.7 Å². The highest BCUT2D eigenvalue weighted by molar-refractivity contribution is 6.76. The third kappa shape index (κ3) is 4.84. The zero-order chi connectivity index (χ0) is 23.8. The number of para-hydroxylation sites is 1. The first-order valence-corrected chi connectivity index (χ1v) is 15.3. The van der Waals surface area contributed by atoms with Crippen LogP contribution >= 0.6 is 0 Å². The van der Waals surface area contributed by atoms with Crippen molar-refractivity contribution in [2.75, 3.05) is 20.8 Å². The number of fused-ring (bicyclic) bond motifs is 6. The summed E-state index contributed by atoms with van der Waals surface area (Å²) < 4.78 is 12.9. The van der Waals surface area contributed by atoms with Gasteiger partial charge < -0.3 is 18.9 Å². The van der Waals surface area contributed by atoms with Crippen LogP contribution in [0.25, 0.3) is 10.9 Å². The summed E-state index contributed by atoms with van der Waals surface area (Å²) >= 11 is 0. The van der Waals surface area contributed by atoms with E-state index in [0.29, 0.717) is 19.8 Å². The highest BCUT2D eigenvalue weighted by atomic mass is 28.3. The third-order valence-corrected chi connectivity index (χ3v) is 8.40. The molecular weight excluding hydrogens is 432 g/mol. The van der Waals surface area contributed by atoms with Crippen molar-refractivity contribution in [3.05, 3.63) is 59.4 Å². The lowest BCUT2D eigenvalue weighted by Crippen LogP contribution is -2.27. The maximum absolute atomic E-state index is 13.6. The van der Waals surface area contributed by atoms with Gasteiger partial charge in [-0.2, -0.15) is 0 Å². The maximum atomic E-state index is 13.6. The van der Waals surface area contributed by atoms with Crippen molar-refractivity contribution in [1.82, 2.24) is 9.47 Å². The van der Waals surface area contributed by atoms with Crippen molar-refractivity contribution in [2.45, 2.75) is 51.3 Å². The Morgan fingerprint density at radius 3 is 2.73 bits per heavy atom. The number of esters is 1. The normalized spacial score (nSPS) is 20.7. The van der Waals surface area contributed by atoms with Crippen LogP contribution < -0.4 is 0 Å². The van der Waals surface area contributed by atoms with Gasteiger partial charge in [0.2, 0.25) is 0 Å². The van der Waals surface area contributed by atoms with E-state index >= 15 is 0 Å². The van der Waals surface area contributed by atoms with Gasteiger partial charge in [0.25, 0.3) is 0 Å². The fourth-order valence-corrected chi connectivity index (χ4v) is 5.65. The molecule has 1 aliphatic carbocycles. The molecule has 0 spiro atoms. The van der Waals surface area contributed by atoms with Gasteiger partial charge in [-0.3, -0.25) is 4.79 Å². The predicted molar refractivity (Wildman–Crippen MR) is 133 cm³/mol. The summed E-state index contributed by atoms with van der Waals surface area (Å²) in [4.78, 5) is 27.4. The number of methoxy groups -OCH3 is 1. The van der Waals surface area contributed by atoms with Crippen molar-refractivity contribution in [3.63, 3.8) is 0 Å². The van der Waals surface area contributed by atoms with Crippen molar-refractivity contribution in [3.8, 4) is 0 Å². The zero-order valence-corrected chi connectivity index (χ0v) is 21.3. The first-order chi connectivity index (χ1) is 15.7. The van der Waals surface area contributed by atoms with E-state index in [2.05, 4.69) is 47.4 Å². The number of Topliss-reactive ketones (excluding diaryl/α,β-unsaturated/α-hetero) is 1. The molecule has 2 atom stereocenters. The Bertz CT molecular complexity index is 1130. The Morgan fingerprint density at radius 2 is 2.00 bits per heavy atom. The quantitative estimate of drug-likeness (QED) is 0.245. The van der Waals surface area contributed by atoms with E-state index < -0.39 is 14.0 Å². The Kier molecular flexibility index (Phi) is 6.63. The summed E-state index contributed by atoms with van der Waals surface area (Å²) in [5.41, 5.74) is 3.91. The first-order valence-electron chi connectivity index (χ1n) is 11.6. The fourth-order valence-electron chi connectivity index (χ4n) is 4.89. The number of aromatic nitrogens is 1. The fraction of sp³-hybridized carbons (Fsp3) is 0.462. The maximum Gasteiger partial charge on any atom is 0.330 e. The lowest BCUT2D eigenvalue weighted by Gasteiger charge is -2.35. The minimum absolute atomic E-state index is 0.0621. The molecule has 4 rings (SSSR count). The Balaban J connectivity index is 1.71. The third-order valence-electron chi connectivity index (χ3n) is 6.69. The van der Waals surface area contributed by atoms with E-state index in [1.54, 1.807) is 6.08 Å². The first kappa shape index (κ1) is 23.5. The smallest absolute Gasteiger partial charge is 0.330 e. The van der Waals surface area contributed by atoms with Gasteiger partial charge in [-0.1, -0.05) is 43.9 Å². The molecule has 2 heterocycles. The van der Waals surface area contributed by atoms with Crippen LogP contribution in [0, 0.1) is 5.92 Å². The molecule has 0 saturated heterocycles. The van der Waals surface area contributed by atoms with Gasteiger partial charge in [-0.15, -0.1) is 0 Å². The van der Waals surface area contributed by atoms with Crippen LogP contribution in [0.15, 0.2) is 48.2 Å².